The Kier molecular flexibility index (Phi) is 4.62. The molecule has 0 saturated heterocycles. The van der Waals surface area contributed by atoms with Gasteiger partial charge in [0, 0.05) is 16.8 Å². The van der Waals surface area contributed by atoms with Gasteiger partial charge in [-0.2, -0.15) is 0 Å². The molecule has 0 unspecified atom stereocenters. The lowest BCUT2D eigenvalue weighted by Gasteiger charge is -2.05. The second-order valence-electron chi connectivity index (χ2n) is 3.33. The van der Waals surface area contributed by atoms with Crippen LogP contribution in [0.15, 0.2) is 17.2 Å². The summed E-state index contributed by atoms with van der Waals surface area (Å²) in [7, 11) is 0. The fourth-order valence-corrected chi connectivity index (χ4v) is 2.34. The van der Waals surface area contributed by atoms with Crippen LogP contribution in [0.4, 0.5) is 0 Å². The highest BCUT2D eigenvalue weighted by atomic mass is 32.2. The Labute approximate surface area is 93.9 Å². The highest BCUT2D eigenvalue weighted by Crippen LogP contribution is 2.24. The van der Waals surface area contributed by atoms with E-state index in [2.05, 4.69) is 11.9 Å². The Morgan fingerprint density at radius 3 is 2.93 bits per heavy atom. The number of pyridine rings is 1. The van der Waals surface area contributed by atoms with E-state index in [1.165, 1.54) is 6.20 Å². The number of carboxylic acids is 1. The van der Waals surface area contributed by atoms with Crippen molar-refractivity contribution in [3.63, 3.8) is 0 Å². The molecule has 0 radical (unpaired) electrons. The number of hydrogen-bond donors (Lipinski definition) is 1. The van der Waals surface area contributed by atoms with E-state index >= 15 is 0 Å². The third kappa shape index (κ3) is 3.55. The first-order chi connectivity index (χ1) is 7.15. The van der Waals surface area contributed by atoms with Gasteiger partial charge in [0.15, 0.2) is 0 Å². The van der Waals surface area contributed by atoms with E-state index in [1.807, 2.05) is 13.0 Å². The van der Waals surface area contributed by atoms with Gasteiger partial charge in [-0.1, -0.05) is 13.3 Å². The molecule has 1 aromatic rings. The van der Waals surface area contributed by atoms with Crippen molar-refractivity contribution in [2.24, 2.45) is 0 Å². The topological polar surface area (TPSA) is 50.2 Å². The van der Waals surface area contributed by atoms with Crippen LogP contribution in [0.25, 0.3) is 0 Å². The molecule has 1 rings (SSSR count). The molecule has 1 heterocycles. The molecule has 0 bridgehead atoms. The molecule has 0 spiro atoms. The minimum Gasteiger partial charge on any atom is -0.478 e. The largest absolute Gasteiger partial charge is 0.478 e. The van der Waals surface area contributed by atoms with Crippen molar-refractivity contribution in [3.8, 4) is 0 Å². The monoisotopic (exact) mass is 225 g/mol. The summed E-state index contributed by atoms with van der Waals surface area (Å²) in [5, 5.41) is 8.96. The van der Waals surface area contributed by atoms with Gasteiger partial charge in [-0.05, 0) is 25.2 Å². The quantitative estimate of drug-likeness (QED) is 0.618. The van der Waals surface area contributed by atoms with Crippen molar-refractivity contribution >= 4 is 17.7 Å². The molecule has 0 amide bonds. The zero-order valence-corrected chi connectivity index (χ0v) is 9.80. The molecule has 0 atom stereocenters. The highest BCUT2D eigenvalue weighted by Gasteiger charge is 2.10. The minimum atomic E-state index is -0.901. The van der Waals surface area contributed by atoms with Crippen molar-refractivity contribution in [1.29, 1.82) is 0 Å². The predicted octanol–water partition coefficient (Wildman–Crippen LogP) is 2.98. The van der Waals surface area contributed by atoms with Gasteiger partial charge in [0.2, 0.25) is 0 Å². The van der Waals surface area contributed by atoms with Crippen molar-refractivity contribution in [3.05, 3.63) is 23.5 Å². The number of aromatic carboxylic acids is 1. The molecular weight excluding hydrogens is 210 g/mol. The first kappa shape index (κ1) is 12.0. The number of aryl methyl sites for hydroxylation is 1. The number of rotatable bonds is 5. The Morgan fingerprint density at radius 1 is 1.60 bits per heavy atom. The van der Waals surface area contributed by atoms with Crippen LogP contribution in [0.1, 0.15) is 35.8 Å². The van der Waals surface area contributed by atoms with Crippen LogP contribution < -0.4 is 0 Å². The highest BCUT2D eigenvalue weighted by molar-refractivity contribution is 7.99. The fourth-order valence-electron chi connectivity index (χ4n) is 1.14. The van der Waals surface area contributed by atoms with E-state index in [0.717, 1.165) is 29.2 Å². The number of thioether (sulfide) groups is 1. The van der Waals surface area contributed by atoms with E-state index < -0.39 is 5.97 Å². The summed E-state index contributed by atoms with van der Waals surface area (Å²) in [4.78, 5) is 15.7. The van der Waals surface area contributed by atoms with Crippen LogP contribution in [0.5, 0.6) is 0 Å². The molecule has 1 aromatic heterocycles. The number of aromatic nitrogens is 1. The van der Waals surface area contributed by atoms with Gasteiger partial charge in [0.05, 0.1) is 5.56 Å². The second kappa shape index (κ2) is 5.75. The van der Waals surface area contributed by atoms with Crippen LogP contribution >= 0.6 is 11.8 Å². The van der Waals surface area contributed by atoms with Gasteiger partial charge >= 0.3 is 5.97 Å². The molecule has 0 aromatic carbocycles. The number of unbranched alkanes of at least 4 members (excludes halogenated alkanes) is 1. The van der Waals surface area contributed by atoms with E-state index in [4.69, 9.17) is 5.11 Å². The molecule has 4 heteroatoms. The lowest BCUT2D eigenvalue weighted by atomic mass is 10.2. The second-order valence-corrected chi connectivity index (χ2v) is 4.47. The van der Waals surface area contributed by atoms with Crippen LogP contribution in [0.3, 0.4) is 0 Å². The van der Waals surface area contributed by atoms with E-state index in [9.17, 15) is 4.79 Å². The van der Waals surface area contributed by atoms with Gasteiger partial charge in [-0.25, -0.2) is 4.79 Å². The maximum absolute atomic E-state index is 10.9. The van der Waals surface area contributed by atoms with Crippen LogP contribution in [-0.2, 0) is 0 Å². The average molecular weight is 225 g/mol. The molecule has 0 saturated carbocycles. The first-order valence-electron chi connectivity index (χ1n) is 4.98. The lowest BCUT2D eigenvalue weighted by Crippen LogP contribution is -2.01. The number of hydrogen-bond acceptors (Lipinski definition) is 3. The van der Waals surface area contributed by atoms with E-state index in [-0.39, 0.29) is 0 Å². The van der Waals surface area contributed by atoms with Crippen molar-refractivity contribution in [2.75, 3.05) is 5.75 Å². The predicted molar refractivity (Wildman–Crippen MR) is 61.6 cm³/mol. The normalized spacial score (nSPS) is 10.3. The Bertz CT molecular complexity index is 352. The Hall–Kier alpha value is -1.03. The molecule has 0 aliphatic heterocycles. The number of carboxylic acid groups (broad SMARTS) is 1. The van der Waals surface area contributed by atoms with Crippen LogP contribution in [-0.4, -0.2) is 21.8 Å². The third-order valence-corrected chi connectivity index (χ3v) is 3.13. The zero-order chi connectivity index (χ0) is 11.3. The molecule has 3 nitrogen and oxygen atoms in total. The summed E-state index contributed by atoms with van der Waals surface area (Å²) in [6.45, 7) is 3.99. The number of carbonyl (C=O) groups is 1. The van der Waals surface area contributed by atoms with Crippen LogP contribution in [0, 0.1) is 6.92 Å². The Balaban J connectivity index is 2.82. The lowest BCUT2D eigenvalue weighted by molar-refractivity contribution is 0.0692. The summed E-state index contributed by atoms with van der Waals surface area (Å²) in [5.41, 5.74) is 1.17. The van der Waals surface area contributed by atoms with E-state index in [1.54, 1.807) is 11.8 Å². The molecule has 0 aliphatic rings. The van der Waals surface area contributed by atoms with Gasteiger partial charge in [0.25, 0.3) is 0 Å². The van der Waals surface area contributed by atoms with Crippen molar-refractivity contribution < 1.29 is 9.90 Å². The number of nitrogens with zero attached hydrogens (tertiary/aromatic N) is 1. The van der Waals surface area contributed by atoms with Crippen molar-refractivity contribution in [2.45, 2.75) is 31.6 Å². The molecular formula is C11H15NO2S. The molecule has 82 valence electrons. The first-order valence-corrected chi connectivity index (χ1v) is 5.96. The molecule has 0 fully saturated rings. The fraction of sp³-hybridized carbons (Fsp3) is 0.455. The summed E-state index contributed by atoms with van der Waals surface area (Å²) in [6, 6.07) is 1.84. The smallest absolute Gasteiger partial charge is 0.338 e. The summed E-state index contributed by atoms with van der Waals surface area (Å²) in [6.07, 6.45) is 3.66. The minimum absolute atomic E-state index is 0.307. The maximum atomic E-state index is 10.9. The summed E-state index contributed by atoms with van der Waals surface area (Å²) < 4.78 is 0. The van der Waals surface area contributed by atoms with Crippen LogP contribution in [0.2, 0.25) is 0 Å². The molecule has 15 heavy (non-hydrogen) atoms. The van der Waals surface area contributed by atoms with Gasteiger partial charge in [-0.15, -0.1) is 11.8 Å². The Morgan fingerprint density at radius 2 is 2.33 bits per heavy atom. The maximum Gasteiger partial charge on any atom is 0.338 e. The zero-order valence-electron chi connectivity index (χ0n) is 8.99. The summed E-state index contributed by atoms with van der Waals surface area (Å²) >= 11 is 1.59. The van der Waals surface area contributed by atoms with Gasteiger partial charge in [-0.3, -0.25) is 4.98 Å². The standard InChI is InChI=1S/C11H15NO2S/c1-3-4-5-15-10-6-8(2)12-7-9(10)11(13)14/h6-7H,3-5H2,1-2H3,(H,13,14). The van der Waals surface area contributed by atoms with Gasteiger partial charge < -0.3 is 5.11 Å². The average Bonchev–Trinajstić information content (AvgIpc) is 2.18. The van der Waals surface area contributed by atoms with Gasteiger partial charge in [0.1, 0.15) is 0 Å². The molecule has 0 aliphatic carbocycles. The van der Waals surface area contributed by atoms with Crippen molar-refractivity contribution in [1.82, 2.24) is 4.98 Å². The third-order valence-electron chi connectivity index (χ3n) is 1.99. The summed E-state index contributed by atoms with van der Waals surface area (Å²) in [5.74, 6) is 0.0572. The molecule has 1 N–H and O–H groups in total. The van der Waals surface area contributed by atoms with E-state index in [0.29, 0.717) is 5.56 Å². The SMILES string of the molecule is CCCCSc1cc(C)ncc1C(=O)O.